The predicted molar refractivity (Wildman–Crippen MR) is 80.6 cm³/mol. The molecule has 0 aliphatic carbocycles. The number of rotatable bonds is 4. The molecule has 21 heavy (non-hydrogen) atoms. The van der Waals surface area contributed by atoms with E-state index in [0.717, 1.165) is 0 Å². The van der Waals surface area contributed by atoms with Crippen molar-refractivity contribution in [3.05, 3.63) is 33.8 Å². The Hall–Kier alpha value is -1.30. The van der Waals surface area contributed by atoms with Gasteiger partial charge >= 0.3 is 11.9 Å². The van der Waals surface area contributed by atoms with E-state index in [0.29, 0.717) is 10.6 Å². The van der Waals surface area contributed by atoms with Gasteiger partial charge in [-0.2, -0.15) is 0 Å². The maximum Gasteiger partial charge on any atom is 0.338 e. The van der Waals surface area contributed by atoms with E-state index in [2.05, 4.69) is 0 Å². The molecule has 0 aromatic heterocycles. The van der Waals surface area contributed by atoms with Crippen molar-refractivity contribution in [3.63, 3.8) is 0 Å². The third-order valence-electron chi connectivity index (χ3n) is 2.61. The number of carboxylic acids is 1. The summed E-state index contributed by atoms with van der Waals surface area (Å²) in [5.74, 6) is -2.48. The molecule has 0 heterocycles. The van der Waals surface area contributed by atoms with Gasteiger partial charge in [0.25, 0.3) is 0 Å². The first-order valence-electron chi connectivity index (χ1n) is 6.15. The Morgan fingerprint density at radius 1 is 1.24 bits per heavy atom. The number of ether oxygens (including phenoxy) is 1. The van der Waals surface area contributed by atoms with Gasteiger partial charge in [-0.1, -0.05) is 29.3 Å². The minimum absolute atomic E-state index is 0.256. The van der Waals surface area contributed by atoms with Gasteiger partial charge in [0.2, 0.25) is 5.54 Å². The summed E-state index contributed by atoms with van der Waals surface area (Å²) in [4.78, 5) is 23.5. The van der Waals surface area contributed by atoms with Crippen LogP contribution in [0.2, 0.25) is 10.0 Å². The fourth-order valence-corrected chi connectivity index (χ4v) is 1.90. The Bertz CT molecular complexity index is 569. The van der Waals surface area contributed by atoms with Crippen LogP contribution in [0.3, 0.4) is 0 Å². The number of carbonyl (C=O) groups excluding carboxylic acids is 1. The summed E-state index contributed by atoms with van der Waals surface area (Å²) in [7, 11) is 0. The summed E-state index contributed by atoms with van der Waals surface area (Å²) in [6, 6.07) is 4.54. The standard InChI is InChI=1S/C14H17Cl2NO4/c1-13(2,3)21-12(20)14(17,11(18)19)7-8-4-5-9(15)10(16)6-8/h4-6H,7,17H2,1-3H3,(H,18,19). The van der Waals surface area contributed by atoms with Crippen LogP contribution in [0.4, 0.5) is 0 Å². The number of esters is 1. The molecule has 1 aromatic rings. The van der Waals surface area contributed by atoms with E-state index in [-0.39, 0.29) is 11.4 Å². The molecule has 0 bridgehead atoms. The Morgan fingerprint density at radius 3 is 2.24 bits per heavy atom. The molecule has 7 heteroatoms. The van der Waals surface area contributed by atoms with E-state index in [1.165, 1.54) is 12.1 Å². The molecular formula is C14H17Cl2NO4. The topological polar surface area (TPSA) is 89.6 Å². The summed E-state index contributed by atoms with van der Waals surface area (Å²) in [5.41, 5.74) is 3.21. The first-order valence-corrected chi connectivity index (χ1v) is 6.91. The van der Waals surface area contributed by atoms with Crippen LogP contribution in [0.15, 0.2) is 18.2 Å². The van der Waals surface area contributed by atoms with Crippen molar-refractivity contribution in [1.29, 1.82) is 0 Å². The molecule has 1 rings (SSSR count). The van der Waals surface area contributed by atoms with Crippen LogP contribution in [-0.2, 0) is 20.7 Å². The lowest BCUT2D eigenvalue weighted by atomic mass is 9.91. The third kappa shape index (κ3) is 4.59. The Kier molecular flexibility index (Phi) is 5.25. The van der Waals surface area contributed by atoms with E-state index < -0.39 is 23.1 Å². The lowest BCUT2D eigenvalue weighted by Crippen LogP contribution is -2.58. The first kappa shape index (κ1) is 17.8. The highest BCUT2D eigenvalue weighted by atomic mass is 35.5. The quantitative estimate of drug-likeness (QED) is 0.653. The predicted octanol–water partition coefficient (Wildman–Crippen LogP) is 2.66. The van der Waals surface area contributed by atoms with Gasteiger partial charge in [0.15, 0.2) is 0 Å². The van der Waals surface area contributed by atoms with Gasteiger partial charge in [-0.25, -0.2) is 9.59 Å². The number of hydrogen-bond donors (Lipinski definition) is 2. The van der Waals surface area contributed by atoms with Gasteiger partial charge in [-0.3, -0.25) is 0 Å². The SMILES string of the molecule is CC(C)(C)OC(=O)C(N)(Cc1ccc(Cl)c(Cl)c1)C(=O)O. The number of hydrogen-bond acceptors (Lipinski definition) is 4. The molecule has 0 saturated carbocycles. The van der Waals surface area contributed by atoms with Crippen LogP contribution in [0.5, 0.6) is 0 Å². The average molecular weight is 334 g/mol. The van der Waals surface area contributed by atoms with Crippen LogP contribution in [0.1, 0.15) is 26.3 Å². The van der Waals surface area contributed by atoms with Gasteiger partial charge in [0, 0.05) is 6.42 Å². The van der Waals surface area contributed by atoms with Crippen molar-refractivity contribution < 1.29 is 19.4 Å². The normalized spacial score (nSPS) is 14.4. The summed E-state index contributed by atoms with van der Waals surface area (Å²) in [5, 5.41) is 9.89. The number of halogens is 2. The van der Waals surface area contributed by atoms with E-state index in [1.54, 1.807) is 26.8 Å². The molecule has 1 unspecified atom stereocenters. The number of nitrogens with two attached hydrogens (primary N) is 1. The van der Waals surface area contributed by atoms with Gasteiger partial charge in [0.05, 0.1) is 10.0 Å². The van der Waals surface area contributed by atoms with Gasteiger partial charge in [0.1, 0.15) is 5.60 Å². The number of aliphatic carboxylic acids is 1. The van der Waals surface area contributed by atoms with Gasteiger partial charge in [-0.15, -0.1) is 0 Å². The zero-order valence-corrected chi connectivity index (χ0v) is 13.5. The monoisotopic (exact) mass is 333 g/mol. The van der Waals surface area contributed by atoms with Crippen molar-refractivity contribution >= 4 is 35.1 Å². The number of benzene rings is 1. The summed E-state index contributed by atoms with van der Waals surface area (Å²) in [6.45, 7) is 4.89. The smallest absolute Gasteiger partial charge is 0.338 e. The number of carbonyl (C=O) groups is 2. The molecule has 0 amide bonds. The molecule has 3 N–H and O–H groups in total. The highest BCUT2D eigenvalue weighted by Gasteiger charge is 2.45. The van der Waals surface area contributed by atoms with E-state index in [4.69, 9.17) is 33.7 Å². The molecule has 0 aliphatic rings. The van der Waals surface area contributed by atoms with Crippen molar-refractivity contribution in [2.45, 2.75) is 38.3 Å². The maximum absolute atomic E-state index is 12.1. The van der Waals surface area contributed by atoms with Crippen LogP contribution < -0.4 is 5.73 Å². The molecule has 5 nitrogen and oxygen atoms in total. The first-order chi connectivity index (χ1) is 9.45. The van der Waals surface area contributed by atoms with Crippen LogP contribution in [0.25, 0.3) is 0 Å². The van der Waals surface area contributed by atoms with Crippen LogP contribution in [-0.4, -0.2) is 28.2 Å². The largest absolute Gasteiger partial charge is 0.479 e. The molecule has 0 saturated heterocycles. The molecule has 0 radical (unpaired) electrons. The summed E-state index contributed by atoms with van der Waals surface area (Å²) in [6.07, 6.45) is -0.256. The fourth-order valence-electron chi connectivity index (χ4n) is 1.58. The van der Waals surface area contributed by atoms with Crippen molar-refractivity contribution in [2.75, 3.05) is 0 Å². The van der Waals surface area contributed by atoms with Crippen molar-refractivity contribution in [3.8, 4) is 0 Å². The molecule has 116 valence electrons. The van der Waals surface area contributed by atoms with E-state index in [9.17, 15) is 14.7 Å². The number of carboxylic acid groups (broad SMARTS) is 1. The van der Waals surface area contributed by atoms with E-state index in [1.807, 2.05) is 0 Å². The molecule has 1 aromatic carbocycles. The zero-order chi connectivity index (χ0) is 16.4. The highest BCUT2D eigenvalue weighted by molar-refractivity contribution is 6.42. The fraction of sp³-hybridized carbons (Fsp3) is 0.429. The van der Waals surface area contributed by atoms with Crippen molar-refractivity contribution in [1.82, 2.24) is 0 Å². The molecule has 1 atom stereocenters. The van der Waals surface area contributed by atoms with Gasteiger partial charge in [-0.05, 0) is 38.5 Å². The van der Waals surface area contributed by atoms with Crippen LogP contribution in [0, 0.1) is 0 Å². The molecule has 0 fully saturated rings. The second kappa shape index (κ2) is 6.22. The minimum Gasteiger partial charge on any atom is -0.479 e. The summed E-state index contributed by atoms with van der Waals surface area (Å²) >= 11 is 11.7. The lowest BCUT2D eigenvalue weighted by molar-refractivity contribution is -0.169. The lowest BCUT2D eigenvalue weighted by Gasteiger charge is -2.28. The second-order valence-electron chi connectivity index (χ2n) is 5.70. The molecular weight excluding hydrogens is 317 g/mol. The average Bonchev–Trinajstić information content (AvgIpc) is 2.31. The van der Waals surface area contributed by atoms with Crippen LogP contribution >= 0.6 is 23.2 Å². The Balaban J connectivity index is 3.08. The van der Waals surface area contributed by atoms with Gasteiger partial charge < -0.3 is 15.6 Å². The third-order valence-corrected chi connectivity index (χ3v) is 3.35. The Morgan fingerprint density at radius 2 is 1.81 bits per heavy atom. The maximum atomic E-state index is 12.1. The molecule has 0 spiro atoms. The van der Waals surface area contributed by atoms with Crippen molar-refractivity contribution in [2.24, 2.45) is 5.73 Å². The van der Waals surface area contributed by atoms with E-state index >= 15 is 0 Å². The minimum atomic E-state index is -2.19. The molecule has 0 aliphatic heterocycles. The highest BCUT2D eigenvalue weighted by Crippen LogP contribution is 2.25. The summed E-state index contributed by atoms with van der Waals surface area (Å²) < 4.78 is 5.09. The Labute approximate surface area is 133 Å². The second-order valence-corrected chi connectivity index (χ2v) is 6.52. The zero-order valence-electron chi connectivity index (χ0n) is 11.9.